The summed E-state index contributed by atoms with van der Waals surface area (Å²) in [6.45, 7) is 0. The summed E-state index contributed by atoms with van der Waals surface area (Å²) in [6, 6.07) is 7.86. The first-order valence-electron chi connectivity index (χ1n) is 9.63. The molecular formula is C22H20F3N3O2. The molecule has 0 aliphatic heterocycles. The molecule has 0 spiro atoms. The first-order chi connectivity index (χ1) is 14.3. The third-order valence-corrected chi connectivity index (χ3v) is 5.49. The fraction of sp³-hybridized carbons (Fsp3) is 0.273. The van der Waals surface area contributed by atoms with Crippen LogP contribution in [0.2, 0.25) is 0 Å². The van der Waals surface area contributed by atoms with Crippen LogP contribution in [0.5, 0.6) is 0 Å². The molecule has 1 aliphatic carbocycles. The molecule has 0 bridgehead atoms. The van der Waals surface area contributed by atoms with Crippen molar-refractivity contribution in [2.45, 2.75) is 31.7 Å². The number of amides is 2. The molecule has 4 N–H and O–H groups in total. The average molecular weight is 415 g/mol. The highest BCUT2D eigenvalue weighted by Crippen LogP contribution is 2.38. The number of carbonyl (C=O) groups excluding carboxylic acids is 2. The van der Waals surface area contributed by atoms with E-state index in [1.165, 1.54) is 18.2 Å². The van der Waals surface area contributed by atoms with Gasteiger partial charge in [-0.2, -0.15) is 0 Å². The van der Waals surface area contributed by atoms with Gasteiger partial charge in [-0.15, -0.1) is 0 Å². The summed E-state index contributed by atoms with van der Waals surface area (Å²) >= 11 is 0. The second-order valence-electron chi connectivity index (χ2n) is 7.74. The number of fused-ring (bicyclic) bond motifs is 1. The Morgan fingerprint density at radius 3 is 2.43 bits per heavy atom. The molecule has 1 fully saturated rings. The molecule has 5 nitrogen and oxygen atoms in total. The normalized spacial score (nSPS) is 18.2. The quantitative estimate of drug-likeness (QED) is 0.538. The molecule has 0 saturated heterocycles. The number of benzene rings is 2. The van der Waals surface area contributed by atoms with Crippen LogP contribution in [-0.2, 0) is 16.0 Å². The second-order valence-corrected chi connectivity index (χ2v) is 7.74. The molecular weight excluding hydrogens is 395 g/mol. The zero-order valence-electron chi connectivity index (χ0n) is 16.0. The van der Waals surface area contributed by atoms with Gasteiger partial charge in [0, 0.05) is 23.2 Å². The predicted molar refractivity (Wildman–Crippen MR) is 106 cm³/mol. The lowest BCUT2D eigenvalue weighted by Gasteiger charge is -2.36. The first kappa shape index (κ1) is 20.0. The minimum Gasteiger partial charge on any atom is -0.369 e. The SMILES string of the molecule is NC(=O)CC(=O)NC1CC(Cc2c(-c3ccc(F)cc3)[nH]c3c(F)cc(F)cc23)C1. The lowest BCUT2D eigenvalue weighted by molar-refractivity contribution is -0.128. The predicted octanol–water partition coefficient (Wildman–Crippen LogP) is 3.56. The van der Waals surface area contributed by atoms with E-state index in [0.29, 0.717) is 35.9 Å². The third-order valence-electron chi connectivity index (χ3n) is 5.49. The number of rotatable bonds is 6. The van der Waals surface area contributed by atoms with Gasteiger partial charge in [0.2, 0.25) is 11.8 Å². The highest BCUT2D eigenvalue weighted by molar-refractivity contribution is 5.96. The van der Waals surface area contributed by atoms with E-state index in [4.69, 9.17) is 5.73 Å². The summed E-state index contributed by atoms with van der Waals surface area (Å²) in [7, 11) is 0. The lowest BCUT2D eigenvalue weighted by Crippen LogP contribution is -2.45. The van der Waals surface area contributed by atoms with Gasteiger partial charge in [0.05, 0.1) is 5.52 Å². The van der Waals surface area contributed by atoms with Gasteiger partial charge in [0.25, 0.3) is 0 Å². The van der Waals surface area contributed by atoms with Crippen molar-refractivity contribution >= 4 is 22.7 Å². The number of H-pyrrole nitrogens is 1. The van der Waals surface area contributed by atoms with Crippen molar-refractivity contribution in [2.75, 3.05) is 0 Å². The Hall–Kier alpha value is -3.29. The monoisotopic (exact) mass is 415 g/mol. The van der Waals surface area contributed by atoms with Crippen molar-refractivity contribution in [3.63, 3.8) is 0 Å². The van der Waals surface area contributed by atoms with Crippen molar-refractivity contribution in [1.29, 1.82) is 0 Å². The van der Waals surface area contributed by atoms with Crippen LogP contribution in [0.15, 0.2) is 36.4 Å². The molecule has 1 heterocycles. The Kier molecular flexibility index (Phi) is 5.24. The minimum absolute atomic E-state index is 0.0604. The summed E-state index contributed by atoms with van der Waals surface area (Å²) in [5.41, 5.74) is 7.27. The maximum atomic E-state index is 14.3. The summed E-state index contributed by atoms with van der Waals surface area (Å²) in [5, 5.41) is 3.21. The molecule has 156 valence electrons. The van der Waals surface area contributed by atoms with E-state index in [0.717, 1.165) is 11.6 Å². The largest absolute Gasteiger partial charge is 0.369 e. The Balaban J connectivity index is 1.59. The number of nitrogens with two attached hydrogens (primary N) is 1. The van der Waals surface area contributed by atoms with Crippen LogP contribution in [0, 0.1) is 23.4 Å². The maximum Gasteiger partial charge on any atom is 0.229 e. The molecule has 30 heavy (non-hydrogen) atoms. The number of carbonyl (C=O) groups is 2. The molecule has 3 aromatic rings. The van der Waals surface area contributed by atoms with E-state index < -0.39 is 23.4 Å². The zero-order valence-corrected chi connectivity index (χ0v) is 16.0. The number of nitrogens with one attached hydrogen (secondary N) is 2. The van der Waals surface area contributed by atoms with Gasteiger partial charge in [-0.3, -0.25) is 9.59 Å². The fourth-order valence-electron chi connectivity index (χ4n) is 4.09. The van der Waals surface area contributed by atoms with Crippen LogP contribution in [0.4, 0.5) is 13.2 Å². The van der Waals surface area contributed by atoms with E-state index in [1.54, 1.807) is 12.1 Å². The molecule has 1 saturated carbocycles. The second kappa shape index (κ2) is 7.85. The van der Waals surface area contributed by atoms with Crippen molar-refractivity contribution in [3.8, 4) is 11.3 Å². The van der Waals surface area contributed by atoms with Gasteiger partial charge >= 0.3 is 0 Å². The van der Waals surface area contributed by atoms with Crippen LogP contribution in [0.25, 0.3) is 22.2 Å². The standard InChI is InChI=1S/C22H20F3N3O2/c23-13-3-1-12(2-4-13)21-16(17-8-14(24)9-18(25)22(17)28-21)7-11-5-15(6-11)27-20(30)10-19(26)29/h1-4,8-9,11,15,28H,5-7,10H2,(H2,26,29)(H,27,30). The first-order valence-corrected chi connectivity index (χ1v) is 9.63. The molecule has 0 atom stereocenters. The van der Waals surface area contributed by atoms with Crippen LogP contribution in [0.1, 0.15) is 24.8 Å². The number of aromatic amines is 1. The Labute approximate surface area is 170 Å². The number of primary amides is 1. The van der Waals surface area contributed by atoms with Crippen LogP contribution in [0.3, 0.4) is 0 Å². The summed E-state index contributed by atoms with van der Waals surface area (Å²) in [4.78, 5) is 25.5. The zero-order chi connectivity index (χ0) is 21.4. The van der Waals surface area contributed by atoms with Crippen molar-refractivity contribution in [2.24, 2.45) is 11.7 Å². The topological polar surface area (TPSA) is 88.0 Å². The molecule has 4 rings (SSSR count). The van der Waals surface area contributed by atoms with Crippen molar-refractivity contribution < 1.29 is 22.8 Å². The maximum absolute atomic E-state index is 14.3. The van der Waals surface area contributed by atoms with Gasteiger partial charge in [-0.1, -0.05) is 0 Å². The Morgan fingerprint density at radius 2 is 1.77 bits per heavy atom. The van der Waals surface area contributed by atoms with Crippen molar-refractivity contribution in [3.05, 3.63) is 59.4 Å². The summed E-state index contributed by atoms with van der Waals surface area (Å²) < 4.78 is 41.6. The van der Waals surface area contributed by atoms with E-state index in [9.17, 15) is 22.8 Å². The molecule has 0 unspecified atom stereocenters. The van der Waals surface area contributed by atoms with E-state index >= 15 is 0 Å². The molecule has 1 aliphatic rings. The smallest absolute Gasteiger partial charge is 0.229 e. The number of aromatic nitrogens is 1. The molecule has 2 aromatic carbocycles. The summed E-state index contributed by atoms with van der Waals surface area (Å²) in [5.74, 6) is -2.65. The number of hydrogen-bond acceptors (Lipinski definition) is 2. The van der Waals surface area contributed by atoms with Gasteiger partial charge in [-0.05, 0) is 66.6 Å². The lowest BCUT2D eigenvalue weighted by atomic mass is 9.76. The Morgan fingerprint density at radius 1 is 1.07 bits per heavy atom. The number of halogens is 3. The molecule has 0 radical (unpaired) electrons. The van der Waals surface area contributed by atoms with Gasteiger partial charge < -0.3 is 16.0 Å². The highest BCUT2D eigenvalue weighted by Gasteiger charge is 2.32. The van der Waals surface area contributed by atoms with Gasteiger partial charge in [0.1, 0.15) is 23.9 Å². The van der Waals surface area contributed by atoms with Crippen molar-refractivity contribution in [1.82, 2.24) is 10.3 Å². The Bertz CT molecular complexity index is 1120. The fourth-order valence-corrected chi connectivity index (χ4v) is 4.09. The molecule has 8 heteroatoms. The van der Waals surface area contributed by atoms with Crippen LogP contribution < -0.4 is 11.1 Å². The summed E-state index contributed by atoms with van der Waals surface area (Å²) in [6.07, 6.45) is 1.55. The highest BCUT2D eigenvalue weighted by atomic mass is 19.1. The third kappa shape index (κ3) is 4.03. The minimum atomic E-state index is -0.690. The van der Waals surface area contributed by atoms with E-state index in [-0.39, 0.29) is 29.7 Å². The molecule has 2 amide bonds. The van der Waals surface area contributed by atoms with Gasteiger partial charge in [0.15, 0.2) is 0 Å². The van der Waals surface area contributed by atoms with Crippen LogP contribution in [-0.4, -0.2) is 22.8 Å². The number of hydrogen-bond donors (Lipinski definition) is 3. The average Bonchev–Trinajstić information content (AvgIpc) is 2.98. The molecule has 1 aromatic heterocycles. The van der Waals surface area contributed by atoms with Gasteiger partial charge in [-0.25, -0.2) is 13.2 Å². The van der Waals surface area contributed by atoms with E-state index in [1.807, 2.05) is 0 Å². The van der Waals surface area contributed by atoms with Crippen LogP contribution >= 0.6 is 0 Å². The van der Waals surface area contributed by atoms with E-state index in [2.05, 4.69) is 10.3 Å².